The molecule has 0 bridgehead atoms. The highest BCUT2D eigenvalue weighted by molar-refractivity contribution is 5.46. The molecule has 3 nitrogen and oxygen atoms in total. The Labute approximate surface area is 97.7 Å². The Balaban J connectivity index is 2.11. The normalized spacial score (nSPS) is 21.1. The Morgan fingerprint density at radius 2 is 2.19 bits per heavy atom. The predicted octanol–water partition coefficient (Wildman–Crippen LogP) is 2.34. The van der Waals surface area contributed by atoms with Crippen molar-refractivity contribution >= 4 is 5.69 Å². The zero-order valence-corrected chi connectivity index (χ0v) is 10.4. The third kappa shape index (κ3) is 2.35. The van der Waals surface area contributed by atoms with Crippen molar-refractivity contribution in [1.29, 1.82) is 0 Å². The second-order valence-corrected chi connectivity index (χ2v) is 5.57. The Morgan fingerprint density at radius 1 is 1.44 bits per heavy atom. The average Bonchev–Trinajstić information content (AvgIpc) is 2.59. The second-order valence-electron chi connectivity index (χ2n) is 5.57. The zero-order valence-electron chi connectivity index (χ0n) is 10.4. The van der Waals surface area contributed by atoms with Crippen molar-refractivity contribution < 1.29 is 0 Å². The number of nitrogens with zero attached hydrogens (tertiary/aromatic N) is 2. The fourth-order valence-electron chi connectivity index (χ4n) is 2.19. The van der Waals surface area contributed by atoms with Crippen LogP contribution in [0.25, 0.3) is 0 Å². The lowest BCUT2D eigenvalue weighted by atomic mass is 9.93. The Hall–Kier alpha value is -1.09. The molecule has 1 fully saturated rings. The zero-order chi connectivity index (χ0) is 11.8. The van der Waals surface area contributed by atoms with Crippen molar-refractivity contribution in [3.63, 3.8) is 0 Å². The molecule has 0 radical (unpaired) electrons. The van der Waals surface area contributed by atoms with E-state index in [1.54, 1.807) is 0 Å². The maximum atomic E-state index is 5.78. The van der Waals surface area contributed by atoms with E-state index < -0.39 is 0 Å². The first-order valence-corrected chi connectivity index (χ1v) is 5.94. The maximum absolute atomic E-state index is 5.78. The van der Waals surface area contributed by atoms with Crippen LogP contribution in [0.1, 0.15) is 38.9 Å². The molecule has 2 N–H and O–H groups in total. The van der Waals surface area contributed by atoms with Gasteiger partial charge in [0.25, 0.3) is 0 Å². The molecule has 1 aliphatic heterocycles. The molecule has 16 heavy (non-hydrogen) atoms. The molecule has 2 rings (SSSR count). The van der Waals surface area contributed by atoms with Gasteiger partial charge in [0, 0.05) is 19.1 Å². The molecule has 0 amide bonds. The number of pyridine rings is 1. The van der Waals surface area contributed by atoms with Crippen molar-refractivity contribution in [2.24, 2.45) is 11.1 Å². The summed E-state index contributed by atoms with van der Waals surface area (Å²) in [6.07, 6.45) is 3.20. The van der Waals surface area contributed by atoms with E-state index in [-0.39, 0.29) is 6.04 Å². The number of nitrogens with two attached hydrogens (primary N) is 1. The van der Waals surface area contributed by atoms with Crippen LogP contribution in [-0.2, 0) is 0 Å². The van der Waals surface area contributed by atoms with Gasteiger partial charge in [0.1, 0.15) is 0 Å². The smallest absolute Gasteiger partial charge is 0.0569 e. The van der Waals surface area contributed by atoms with Crippen LogP contribution in [0.2, 0.25) is 0 Å². The number of rotatable bonds is 2. The van der Waals surface area contributed by atoms with Crippen molar-refractivity contribution in [3.05, 3.63) is 24.0 Å². The van der Waals surface area contributed by atoms with Crippen LogP contribution in [0.5, 0.6) is 0 Å². The summed E-state index contributed by atoms with van der Waals surface area (Å²) in [5.74, 6) is 0. The third-order valence-corrected chi connectivity index (χ3v) is 3.28. The molecule has 2 heterocycles. The average molecular weight is 219 g/mol. The Morgan fingerprint density at radius 3 is 2.62 bits per heavy atom. The van der Waals surface area contributed by atoms with Gasteiger partial charge in [-0.25, -0.2) is 0 Å². The Kier molecular flexibility index (Phi) is 2.89. The van der Waals surface area contributed by atoms with E-state index in [0.717, 1.165) is 18.8 Å². The summed E-state index contributed by atoms with van der Waals surface area (Å²) >= 11 is 0. The minimum atomic E-state index is 0.0177. The first-order chi connectivity index (χ1) is 7.48. The fraction of sp³-hybridized carbons (Fsp3) is 0.615. The molecule has 1 saturated heterocycles. The van der Waals surface area contributed by atoms with Crippen LogP contribution in [0.4, 0.5) is 5.69 Å². The lowest BCUT2D eigenvalue weighted by Gasteiger charge is -2.21. The molecular formula is C13H21N3. The molecule has 1 atom stereocenters. The van der Waals surface area contributed by atoms with Gasteiger partial charge in [-0.05, 0) is 30.9 Å². The van der Waals surface area contributed by atoms with E-state index in [1.165, 1.54) is 12.1 Å². The molecule has 1 aromatic heterocycles. The molecule has 0 saturated carbocycles. The summed E-state index contributed by atoms with van der Waals surface area (Å²) in [4.78, 5) is 6.80. The lowest BCUT2D eigenvalue weighted by Crippen LogP contribution is -2.22. The molecule has 1 aromatic rings. The number of hydrogen-bond acceptors (Lipinski definition) is 3. The molecule has 0 unspecified atom stereocenters. The van der Waals surface area contributed by atoms with Crippen molar-refractivity contribution in [3.8, 4) is 0 Å². The van der Waals surface area contributed by atoms with Crippen LogP contribution in [0.3, 0.4) is 0 Å². The van der Waals surface area contributed by atoms with E-state index in [2.05, 4.69) is 29.8 Å². The molecular weight excluding hydrogens is 198 g/mol. The summed E-state index contributed by atoms with van der Waals surface area (Å²) < 4.78 is 0. The number of aromatic nitrogens is 1. The number of anilines is 1. The van der Waals surface area contributed by atoms with E-state index >= 15 is 0 Å². The Bertz CT molecular complexity index is 354. The number of hydrogen-bond donors (Lipinski definition) is 1. The highest BCUT2D eigenvalue weighted by Gasteiger charge is 2.29. The minimum Gasteiger partial charge on any atom is -0.370 e. The van der Waals surface area contributed by atoms with Crippen molar-refractivity contribution in [2.75, 3.05) is 18.0 Å². The quantitative estimate of drug-likeness (QED) is 0.830. The minimum absolute atomic E-state index is 0.0177. The summed E-state index contributed by atoms with van der Waals surface area (Å²) in [7, 11) is 0. The van der Waals surface area contributed by atoms with E-state index in [9.17, 15) is 0 Å². The molecule has 0 spiro atoms. The van der Waals surface area contributed by atoms with E-state index in [4.69, 9.17) is 5.73 Å². The van der Waals surface area contributed by atoms with Crippen LogP contribution >= 0.6 is 0 Å². The summed E-state index contributed by atoms with van der Waals surface area (Å²) in [6.45, 7) is 8.84. The van der Waals surface area contributed by atoms with Gasteiger partial charge >= 0.3 is 0 Å². The van der Waals surface area contributed by atoms with Gasteiger partial charge in [-0.15, -0.1) is 0 Å². The van der Waals surface area contributed by atoms with Gasteiger partial charge < -0.3 is 10.6 Å². The van der Waals surface area contributed by atoms with E-state index in [1.807, 2.05) is 19.2 Å². The largest absolute Gasteiger partial charge is 0.370 e. The van der Waals surface area contributed by atoms with Gasteiger partial charge in [0.05, 0.1) is 17.6 Å². The summed E-state index contributed by atoms with van der Waals surface area (Å²) in [5, 5.41) is 0. The van der Waals surface area contributed by atoms with Gasteiger partial charge in [-0.3, -0.25) is 4.98 Å². The predicted molar refractivity (Wildman–Crippen MR) is 67.5 cm³/mol. The monoisotopic (exact) mass is 219 g/mol. The molecule has 88 valence electrons. The molecule has 0 aliphatic carbocycles. The third-order valence-electron chi connectivity index (χ3n) is 3.28. The van der Waals surface area contributed by atoms with Crippen LogP contribution in [0.15, 0.2) is 18.3 Å². The van der Waals surface area contributed by atoms with Crippen molar-refractivity contribution in [2.45, 2.75) is 33.2 Å². The standard InChI is InChI=1S/C13H21N3/c1-10(14)12-5-4-11(8-15-12)16-7-6-13(2,3)9-16/h4-5,8,10H,6-7,9,14H2,1-3H3/t10-/m1/s1. The topological polar surface area (TPSA) is 42.1 Å². The van der Waals surface area contributed by atoms with Gasteiger partial charge in [0.15, 0.2) is 0 Å². The van der Waals surface area contributed by atoms with Crippen LogP contribution in [-0.4, -0.2) is 18.1 Å². The van der Waals surface area contributed by atoms with Gasteiger partial charge in [-0.2, -0.15) is 0 Å². The van der Waals surface area contributed by atoms with Crippen molar-refractivity contribution in [1.82, 2.24) is 4.98 Å². The first kappa shape index (κ1) is 11.4. The highest BCUT2D eigenvalue weighted by atomic mass is 15.2. The van der Waals surface area contributed by atoms with Crippen LogP contribution < -0.4 is 10.6 Å². The summed E-state index contributed by atoms with van der Waals surface area (Å²) in [5.41, 5.74) is 8.39. The second kappa shape index (κ2) is 4.06. The molecule has 0 aromatic carbocycles. The van der Waals surface area contributed by atoms with E-state index in [0.29, 0.717) is 5.41 Å². The SMILES string of the molecule is C[C@@H](N)c1ccc(N2CCC(C)(C)C2)cn1. The molecule has 3 heteroatoms. The van der Waals surface area contributed by atoms with Gasteiger partial charge in [0.2, 0.25) is 0 Å². The summed E-state index contributed by atoms with van der Waals surface area (Å²) in [6, 6.07) is 4.18. The lowest BCUT2D eigenvalue weighted by molar-refractivity contribution is 0.418. The highest BCUT2D eigenvalue weighted by Crippen LogP contribution is 2.32. The molecule has 1 aliphatic rings. The van der Waals surface area contributed by atoms with Crippen LogP contribution in [0, 0.1) is 5.41 Å². The van der Waals surface area contributed by atoms with Gasteiger partial charge in [-0.1, -0.05) is 13.8 Å². The first-order valence-electron chi connectivity index (χ1n) is 5.94. The fourth-order valence-corrected chi connectivity index (χ4v) is 2.19. The maximum Gasteiger partial charge on any atom is 0.0569 e.